The Morgan fingerprint density at radius 1 is 1.36 bits per heavy atom. The van der Waals surface area contributed by atoms with Crippen LogP contribution in [-0.2, 0) is 7.05 Å². The Morgan fingerprint density at radius 2 is 2.20 bits per heavy atom. The van der Waals surface area contributed by atoms with Crippen molar-refractivity contribution in [2.75, 3.05) is 13.1 Å². The summed E-state index contributed by atoms with van der Waals surface area (Å²) < 4.78 is 15.4. The van der Waals surface area contributed by atoms with Gasteiger partial charge in [0.15, 0.2) is 0 Å². The molecule has 0 spiro atoms. The maximum Gasteiger partial charge on any atom is 0.270 e. The van der Waals surface area contributed by atoms with E-state index in [1.165, 1.54) is 12.1 Å². The second-order valence-corrected chi connectivity index (χ2v) is 6.86. The lowest BCUT2D eigenvalue weighted by Gasteiger charge is -2.32. The van der Waals surface area contributed by atoms with Crippen molar-refractivity contribution in [3.63, 3.8) is 0 Å². The molecule has 1 fully saturated rings. The molecule has 6 heteroatoms. The van der Waals surface area contributed by atoms with E-state index in [1.807, 2.05) is 25.1 Å². The summed E-state index contributed by atoms with van der Waals surface area (Å²) >= 11 is 0. The monoisotopic (exact) mass is 340 g/mol. The fourth-order valence-corrected chi connectivity index (χ4v) is 3.77. The molecule has 1 saturated heterocycles. The van der Waals surface area contributed by atoms with Crippen molar-refractivity contribution in [3.05, 3.63) is 53.5 Å². The summed E-state index contributed by atoms with van der Waals surface area (Å²) in [6, 6.07) is 6.31. The zero-order valence-corrected chi connectivity index (χ0v) is 14.4. The van der Waals surface area contributed by atoms with Gasteiger partial charge >= 0.3 is 0 Å². The first-order chi connectivity index (χ1) is 12.0. The number of benzene rings is 1. The van der Waals surface area contributed by atoms with Gasteiger partial charge in [0.2, 0.25) is 0 Å². The minimum absolute atomic E-state index is 0.0350. The van der Waals surface area contributed by atoms with Crippen LogP contribution in [0.2, 0.25) is 0 Å². The van der Waals surface area contributed by atoms with Gasteiger partial charge < -0.3 is 14.5 Å². The van der Waals surface area contributed by atoms with Crippen LogP contribution < -0.4 is 0 Å². The van der Waals surface area contributed by atoms with Gasteiger partial charge in [-0.25, -0.2) is 9.37 Å². The normalized spacial score (nSPS) is 18.0. The van der Waals surface area contributed by atoms with Gasteiger partial charge in [0.25, 0.3) is 5.91 Å². The molecule has 0 unspecified atom stereocenters. The lowest BCUT2D eigenvalue weighted by atomic mass is 9.97. The molecule has 25 heavy (non-hydrogen) atoms. The fourth-order valence-electron chi connectivity index (χ4n) is 3.77. The van der Waals surface area contributed by atoms with Crippen molar-refractivity contribution < 1.29 is 9.18 Å². The van der Waals surface area contributed by atoms with Crippen LogP contribution in [0.4, 0.5) is 4.39 Å². The zero-order chi connectivity index (χ0) is 17.6. The minimum Gasteiger partial charge on any atom is -0.350 e. The van der Waals surface area contributed by atoms with Gasteiger partial charge in [0.1, 0.15) is 17.3 Å². The highest BCUT2D eigenvalue weighted by Gasteiger charge is 2.28. The molecular formula is C19H21FN4O. The number of imidazole rings is 1. The standard InChI is InChI=1S/C19H21FN4O/c1-12-10-23(2)18(21-12)14-4-3-7-24(11-14)19(25)17-8-13-5-6-15(20)9-16(13)22-17/h5-6,8-10,14,22H,3-4,7,11H2,1-2H3/t14-/m1/s1. The molecule has 1 N–H and O–H groups in total. The third-order valence-electron chi connectivity index (χ3n) is 4.92. The predicted octanol–water partition coefficient (Wildman–Crippen LogP) is 3.37. The summed E-state index contributed by atoms with van der Waals surface area (Å²) in [4.78, 5) is 22.4. The molecule has 1 aliphatic rings. The number of aromatic nitrogens is 3. The number of H-pyrrole nitrogens is 1. The van der Waals surface area contributed by atoms with E-state index in [1.54, 1.807) is 12.1 Å². The highest BCUT2D eigenvalue weighted by atomic mass is 19.1. The molecule has 4 rings (SSSR count). The van der Waals surface area contributed by atoms with E-state index in [-0.39, 0.29) is 17.6 Å². The molecule has 130 valence electrons. The number of aryl methyl sites for hydroxylation is 2. The van der Waals surface area contributed by atoms with Crippen LogP contribution in [0.5, 0.6) is 0 Å². The number of amides is 1. The number of piperidine rings is 1. The minimum atomic E-state index is -0.309. The van der Waals surface area contributed by atoms with Crippen molar-refractivity contribution in [1.29, 1.82) is 0 Å². The van der Waals surface area contributed by atoms with Gasteiger partial charge in [0.05, 0.1) is 5.69 Å². The largest absolute Gasteiger partial charge is 0.350 e. The Morgan fingerprint density at radius 3 is 2.96 bits per heavy atom. The van der Waals surface area contributed by atoms with Crippen LogP contribution >= 0.6 is 0 Å². The number of carbonyl (C=O) groups excluding carboxylic acids is 1. The van der Waals surface area contributed by atoms with Crippen molar-refractivity contribution in [1.82, 2.24) is 19.4 Å². The van der Waals surface area contributed by atoms with Crippen LogP contribution in [0, 0.1) is 12.7 Å². The van der Waals surface area contributed by atoms with Gasteiger partial charge in [0, 0.05) is 43.2 Å². The third kappa shape index (κ3) is 2.92. The number of nitrogens with zero attached hydrogens (tertiary/aromatic N) is 3. The van der Waals surface area contributed by atoms with E-state index in [2.05, 4.69) is 14.5 Å². The number of hydrogen-bond donors (Lipinski definition) is 1. The van der Waals surface area contributed by atoms with E-state index in [4.69, 9.17) is 0 Å². The molecule has 0 aliphatic carbocycles. The van der Waals surface area contributed by atoms with E-state index in [0.29, 0.717) is 17.8 Å². The number of likely N-dealkylation sites (tertiary alicyclic amines) is 1. The summed E-state index contributed by atoms with van der Waals surface area (Å²) in [6.45, 7) is 3.38. The third-order valence-corrected chi connectivity index (χ3v) is 4.92. The number of fused-ring (bicyclic) bond motifs is 1. The average Bonchev–Trinajstić information content (AvgIpc) is 3.16. The molecular weight excluding hydrogens is 319 g/mol. The number of nitrogens with one attached hydrogen (secondary N) is 1. The van der Waals surface area contributed by atoms with Crippen molar-refractivity contribution in [2.45, 2.75) is 25.7 Å². The molecule has 1 aliphatic heterocycles. The first kappa shape index (κ1) is 15.9. The molecule has 3 heterocycles. The Labute approximate surface area is 145 Å². The van der Waals surface area contributed by atoms with Gasteiger partial charge in [-0.15, -0.1) is 0 Å². The van der Waals surface area contributed by atoms with E-state index in [0.717, 1.165) is 36.3 Å². The Bertz CT molecular complexity index is 942. The Hall–Kier alpha value is -2.63. The SMILES string of the molecule is Cc1cn(C)c([C@@H]2CCCN(C(=O)c3cc4ccc(F)cc4[nH]3)C2)n1. The van der Waals surface area contributed by atoms with Gasteiger partial charge in [-0.2, -0.15) is 0 Å². The molecule has 0 radical (unpaired) electrons. The molecule has 5 nitrogen and oxygen atoms in total. The summed E-state index contributed by atoms with van der Waals surface area (Å²) in [5, 5.41) is 0.845. The van der Waals surface area contributed by atoms with E-state index in [9.17, 15) is 9.18 Å². The van der Waals surface area contributed by atoms with Gasteiger partial charge in [-0.05, 0) is 44.0 Å². The zero-order valence-electron chi connectivity index (χ0n) is 14.4. The quantitative estimate of drug-likeness (QED) is 0.778. The highest BCUT2D eigenvalue weighted by molar-refractivity contribution is 5.98. The lowest BCUT2D eigenvalue weighted by molar-refractivity contribution is 0.0698. The number of rotatable bonds is 2. The number of halogens is 1. The van der Waals surface area contributed by atoms with Crippen LogP contribution in [-0.4, -0.2) is 38.4 Å². The van der Waals surface area contributed by atoms with E-state index >= 15 is 0 Å². The van der Waals surface area contributed by atoms with Crippen LogP contribution in [0.3, 0.4) is 0 Å². The predicted molar refractivity (Wildman–Crippen MR) is 94.1 cm³/mol. The number of carbonyl (C=O) groups is 1. The molecule has 3 aromatic rings. The van der Waals surface area contributed by atoms with E-state index < -0.39 is 0 Å². The maximum atomic E-state index is 13.4. The first-order valence-corrected chi connectivity index (χ1v) is 8.58. The lowest BCUT2D eigenvalue weighted by Crippen LogP contribution is -2.39. The summed E-state index contributed by atoms with van der Waals surface area (Å²) in [5.41, 5.74) is 2.16. The second kappa shape index (κ2) is 6.02. The Kier molecular flexibility index (Phi) is 3.82. The van der Waals surface area contributed by atoms with Gasteiger partial charge in [-0.1, -0.05) is 0 Å². The molecule has 1 aromatic carbocycles. The smallest absolute Gasteiger partial charge is 0.270 e. The number of aromatic amines is 1. The number of hydrogen-bond acceptors (Lipinski definition) is 2. The van der Waals surface area contributed by atoms with Gasteiger partial charge in [-0.3, -0.25) is 4.79 Å². The molecule has 1 atom stereocenters. The molecule has 0 bridgehead atoms. The topological polar surface area (TPSA) is 53.9 Å². The van der Waals surface area contributed by atoms with Crippen molar-refractivity contribution in [2.24, 2.45) is 7.05 Å². The fraction of sp³-hybridized carbons (Fsp3) is 0.368. The first-order valence-electron chi connectivity index (χ1n) is 8.58. The molecule has 0 saturated carbocycles. The molecule has 2 aromatic heterocycles. The van der Waals surface area contributed by atoms with Crippen LogP contribution in [0.15, 0.2) is 30.5 Å². The summed E-state index contributed by atoms with van der Waals surface area (Å²) in [6.07, 6.45) is 4.01. The van der Waals surface area contributed by atoms with Crippen molar-refractivity contribution >= 4 is 16.8 Å². The Balaban J connectivity index is 1.57. The average molecular weight is 340 g/mol. The summed E-state index contributed by atoms with van der Waals surface area (Å²) in [5.74, 6) is 0.940. The second-order valence-electron chi connectivity index (χ2n) is 6.86. The van der Waals surface area contributed by atoms with Crippen molar-refractivity contribution in [3.8, 4) is 0 Å². The van der Waals surface area contributed by atoms with Crippen LogP contribution in [0.25, 0.3) is 10.9 Å². The highest BCUT2D eigenvalue weighted by Crippen LogP contribution is 2.27. The van der Waals surface area contributed by atoms with Crippen LogP contribution in [0.1, 0.15) is 40.8 Å². The molecule has 1 amide bonds. The summed E-state index contributed by atoms with van der Waals surface area (Å²) in [7, 11) is 2.00. The maximum absolute atomic E-state index is 13.4.